The van der Waals surface area contributed by atoms with Crippen molar-refractivity contribution in [2.24, 2.45) is 0 Å². The van der Waals surface area contributed by atoms with E-state index < -0.39 is 0 Å². The van der Waals surface area contributed by atoms with Crippen molar-refractivity contribution in [3.05, 3.63) is 29.5 Å². The second-order valence-corrected chi connectivity index (χ2v) is 3.88. The summed E-state index contributed by atoms with van der Waals surface area (Å²) in [4.78, 5) is 2.18. The predicted octanol–water partition coefficient (Wildman–Crippen LogP) is 2.24. The minimum atomic E-state index is 0.299. The molecule has 0 amide bonds. The van der Waals surface area contributed by atoms with E-state index in [1.165, 1.54) is 5.70 Å². The molecular weight excluding hydrogens is 192 g/mol. The highest BCUT2D eigenvalue weighted by Gasteiger charge is 2.29. The highest BCUT2D eigenvalue weighted by Crippen LogP contribution is 2.36. The Hall–Kier alpha value is -1.45. The van der Waals surface area contributed by atoms with E-state index in [2.05, 4.69) is 17.1 Å². The predicted molar refractivity (Wildman–Crippen MR) is 56.1 cm³/mol. The summed E-state index contributed by atoms with van der Waals surface area (Å²) in [7, 11) is 3.73. The fourth-order valence-electron chi connectivity index (χ4n) is 2.01. The summed E-state index contributed by atoms with van der Waals surface area (Å²) in [5, 5.41) is 3.91. The van der Waals surface area contributed by atoms with E-state index in [-0.39, 0.29) is 0 Å². The van der Waals surface area contributed by atoms with Gasteiger partial charge in [0.15, 0.2) is 5.76 Å². The molecule has 1 unspecified atom stereocenters. The average Bonchev–Trinajstić information content (AvgIpc) is 2.76. The van der Waals surface area contributed by atoms with Crippen LogP contribution in [-0.4, -0.2) is 24.2 Å². The number of allylic oxidation sites excluding steroid dienone is 1. The Balaban J connectivity index is 2.17. The molecule has 1 aromatic rings. The molecule has 4 heteroatoms. The summed E-state index contributed by atoms with van der Waals surface area (Å²) in [6.45, 7) is 1.94. The van der Waals surface area contributed by atoms with Gasteiger partial charge >= 0.3 is 0 Å². The molecule has 0 radical (unpaired) electrons. The number of hydrogen-bond donors (Lipinski definition) is 0. The van der Waals surface area contributed by atoms with Gasteiger partial charge in [-0.1, -0.05) is 5.16 Å². The van der Waals surface area contributed by atoms with E-state index in [1.807, 2.05) is 13.0 Å². The number of aromatic nitrogens is 1. The van der Waals surface area contributed by atoms with Crippen LogP contribution in [0.25, 0.3) is 0 Å². The number of aryl methyl sites for hydroxylation is 1. The van der Waals surface area contributed by atoms with Gasteiger partial charge in [-0.15, -0.1) is 0 Å². The molecule has 1 aromatic heterocycles. The van der Waals surface area contributed by atoms with Crippen molar-refractivity contribution in [2.75, 3.05) is 14.2 Å². The van der Waals surface area contributed by atoms with Crippen molar-refractivity contribution in [1.82, 2.24) is 10.1 Å². The van der Waals surface area contributed by atoms with Crippen molar-refractivity contribution in [3.8, 4) is 0 Å². The first-order valence-corrected chi connectivity index (χ1v) is 5.10. The van der Waals surface area contributed by atoms with E-state index >= 15 is 0 Å². The minimum Gasteiger partial charge on any atom is -0.503 e. The van der Waals surface area contributed by atoms with Gasteiger partial charge in [0, 0.05) is 18.8 Å². The van der Waals surface area contributed by atoms with Crippen molar-refractivity contribution in [3.63, 3.8) is 0 Å². The lowest BCUT2D eigenvalue weighted by molar-refractivity contribution is 0.260. The fourth-order valence-corrected chi connectivity index (χ4v) is 2.01. The number of methoxy groups -OCH3 is 1. The van der Waals surface area contributed by atoms with Gasteiger partial charge in [0.2, 0.25) is 0 Å². The molecule has 1 atom stereocenters. The van der Waals surface area contributed by atoms with E-state index in [1.54, 1.807) is 13.4 Å². The zero-order valence-electron chi connectivity index (χ0n) is 9.36. The van der Waals surface area contributed by atoms with Crippen LogP contribution < -0.4 is 0 Å². The van der Waals surface area contributed by atoms with Crippen molar-refractivity contribution >= 4 is 0 Å². The van der Waals surface area contributed by atoms with Crippen LogP contribution in [0, 0.1) is 6.92 Å². The quantitative estimate of drug-likeness (QED) is 0.699. The maximum Gasteiger partial charge on any atom is 0.159 e. The van der Waals surface area contributed by atoms with Crippen LogP contribution >= 0.6 is 0 Å². The third kappa shape index (κ3) is 1.84. The fraction of sp³-hybridized carbons (Fsp3) is 0.545. The van der Waals surface area contributed by atoms with Gasteiger partial charge in [0.25, 0.3) is 0 Å². The Morgan fingerprint density at radius 3 is 3.07 bits per heavy atom. The molecule has 0 aliphatic carbocycles. The summed E-state index contributed by atoms with van der Waals surface area (Å²) in [5.74, 6) is 0.939. The van der Waals surface area contributed by atoms with Crippen molar-refractivity contribution in [1.29, 1.82) is 0 Å². The van der Waals surface area contributed by atoms with E-state index in [4.69, 9.17) is 9.26 Å². The number of likely N-dealkylation sites (tertiary alicyclic amines) is 1. The van der Waals surface area contributed by atoms with Gasteiger partial charge in [0.05, 0.1) is 18.8 Å². The standard InChI is InChI=1S/C11H16N2O2/c1-8-6-11(15-12-8)10-5-4-9(7-14-3)13(10)2/h6-7,10H,4-5H2,1-3H3/b9-7+. The Bertz CT molecular complexity index is 370. The van der Waals surface area contributed by atoms with Gasteiger partial charge in [-0.3, -0.25) is 0 Å². The molecule has 2 heterocycles. The lowest BCUT2D eigenvalue weighted by atomic mass is 10.1. The number of hydrogen-bond acceptors (Lipinski definition) is 4. The molecule has 2 rings (SSSR count). The molecule has 82 valence electrons. The van der Waals surface area contributed by atoms with Crippen LogP contribution in [0.15, 0.2) is 22.5 Å². The minimum absolute atomic E-state index is 0.299. The van der Waals surface area contributed by atoms with Gasteiger partial charge in [-0.2, -0.15) is 0 Å². The second kappa shape index (κ2) is 3.96. The third-order valence-corrected chi connectivity index (χ3v) is 2.82. The molecule has 1 aliphatic heterocycles. The number of ether oxygens (including phenoxy) is 1. The van der Waals surface area contributed by atoms with Crippen LogP contribution in [-0.2, 0) is 4.74 Å². The van der Waals surface area contributed by atoms with Crippen molar-refractivity contribution < 1.29 is 9.26 Å². The Morgan fingerprint density at radius 1 is 1.67 bits per heavy atom. The Kier molecular flexibility index (Phi) is 2.66. The molecule has 0 N–H and O–H groups in total. The molecule has 0 aromatic carbocycles. The SMILES string of the molecule is CO/C=C1\CCC(c2cc(C)no2)N1C. The molecule has 0 bridgehead atoms. The molecule has 0 saturated carbocycles. The Morgan fingerprint density at radius 2 is 2.47 bits per heavy atom. The van der Waals surface area contributed by atoms with Crippen LogP contribution in [0.2, 0.25) is 0 Å². The smallest absolute Gasteiger partial charge is 0.159 e. The van der Waals surface area contributed by atoms with Crippen LogP contribution in [0.1, 0.15) is 30.3 Å². The molecule has 1 fully saturated rings. The first-order valence-electron chi connectivity index (χ1n) is 5.10. The first kappa shape index (κ1) is 10.1. The second-order valence-electron chi connectivity index (χ2n) is 3.88. The van der Waals surface area contributed by atoms with Gasteiger partial charge in [-0.25, -0.2) is 0 Å². The molecular formula is C11H16N2O2. The van der Waals surface area contributed by atoms with Crippen LogP contribution in [0.4, 0.5) is 0 Å². The molecule has 1 aliphatic rings. The summed E-state index contributed by atoms with van der Waals surface area (Å²) < 4.78 is 10.3. The maximum atomic E-state index is 5.29. The summed E-state index contributed by atoms with van der Waals surface area (Å²) in [5.41, 5.74) is 2.14. The largest absolute Gasteiger partial charge is 0.503 e. The summed E-state index contributed by atoms with van der Waals surface area (Å²) >= 11 is 0. The first-order chi connectivity index (χ1) is 7.22. The summed E-state index contributed by atoms with van der Waals surface area (Å²) in [6, 6.07) is 2.30. The average molecular weight is 208 g/mol. The van der Waals surface area contributed by atoms with Gasteiger partial charge in [-0.05, 0) is 19.8 Å². The van der Waals surface area contributed by atoms with Crippen molar-refractivity contribution in [2.45, 2.75) is 25.8 Å². The highest BCUT2D eigenvalue weighted by molar-refractivity contribution is 5.15. The van der Waals surface area contributed by atoms with E-state index in [0.29, 0.717) is 6.04 Å². The molecule has 4 nitrogen and oxygen atoms in total. The van der Waals surface area contributed by atoms with Gasteiger partial charge in [0.1, 0.15) is 6.26 Å². The van der Waals surface area contributed by atoms with E-state index in [9.17, 15) is 0 Å². The van der Waals surface area contributed by atoms with Gasteiger partial charge < -0.3 is 14.2 Å². The van der Waals surface area contributed by atoms with E-state index in [0.717, 1.165) is 24.3 Å². The lowest BCUT2D eigenvalue weighted by Crippen LogP contribution is -2.15. The lowest BCUT2D eigenvalue weighted by Gasteiger charge is -2.19. The zero-order chi connectivity index (χ0) is 10.8. The van der Waals surface area contributed by atoms with Crippen LogP contribution in [0.5, 0.6) is 0 Å². The topological polar surface area (TPSA) is 38.5 Å². The monoisotopic (exact) mass is 208 g/mol. The highest BCUT2D eigenvalue weighted by atomic mass is 16.5. The normalized spacial score (nSPS) is 23.8. The third-order valence-electron chi connectivity index (χ3n) is 2.82. The molecule has 0 spiro atoms. The Labute approximate surface area is 89.5 Å². The molecule has 1 saturated heterocycles. The summed E-state index contributed by atoms with van der Waals surface area (Å²) in [6.07, 6.45) is 3.87. The van der Waals surface area contributed by atoms with Crippen LogP contribution in [0.3, 0.4) is 0 Å². The number of nitrogens with zero attached hydrogens (tertiary/aromatic N) is 2. The molecule has 15 heavy (non-hydrogen) atoms. The zero-order valence-corrected chi connectivity index (χ0v) is 9.36. The number of rotatable bonds is 2. The maximum absolute atomic E-state index is 5.29.